The van der Waals surface area contributed by atoms with Crippen LogP contribution in [0.5, 0.6) is 11.5 Å². The van der Waals surface area contributed by atoms with E-state index in [1.54, 1.807) is 19.2 Å². The van der Waals surface area contributed by atoms with Gasteiger partial charge in [0.15, 0.2) is 0 Å². The van der Waals surface area contributed by atoms with E-state index in [1.807, 2.05) is 29.9 Å². The summed E-state index contributed by atoms with van der Waals surface area (Å²) in [5.41, 5.74) is 5.35. The lowest BCUT2D eigenvalue weighted by molar-refractivity contribution is 0.192. The molecule has 0 radical (unpaired) electrons. The van der Waals surface area contributed by atoms with Gasteiger partial charge in [-0.1, -0.05) is 18.2 Å². The van der Waals surface area contributed by atoms with E-state index in [-0.39, 0.29) is 6.16 Å². The van der Waals surface area contributed by atoms with Crippen LogP contribution >= 0.6 is 7.37 Å². The van der Waals surface area contributed by atoms with Crippen molar-refractivity contribution < 1.29 is 24.0 Å². The Hall–Kier alpha value is -2.60. The smallest absolute Gasteiger partial charge is 0.200 e. The number of ether oxygens (including phenoxy) is 2. The van der Waals surface area contributed by atoms with Crippen LogP contribution in [0.15, 0.2) is 48.7 Å². The highest BCUT2D eigenvalue weighted by Crippen LogP contribution is 2.42. The zero-order valence-electron chi connectivity index (χ0n) is 21.6. The first kappa shape index (κ1) is 26.5. The molecule has 2 N–H and O–H groups in total. The molecule has 0 amide bonds. The number of nitrogens with zero attached hydrogens (tertiary/aromatic N) is 2. The Morgan fingerprint density at radius 1 is 1.11 bits per heavy atom. The number of aliphatic hydroxyl groups excluding tert-OH is 1. The molecule has 7 nitrogen and oxygen atoms in total. The molecule has 1 aliphatic rings. The standard InChI is InChI=1S/C28H37N2O5P/c1-19-27(16-30(2)29-19)25-13-12-23(34-3)15-26(25)21-10-8-20(9-11-21)17-35-24-7-5-6-22(14-24)28(31)18-36(4,32)33/h5-7,12-16,20-21,28,31H,8-11,17-18H2,1-4H3,(H,32,33)/t20?,21?,28-/m1/s1. The number of aromatic nitrogens is 2. The summed E-state index contributed by atoms with van der Waals surface area (Å²) < 4.78 is 25.1. The van der Waals surface area contributed by atoms with Gasteiger partial charge in [-0.25, -0.2) is 0 Å². The Morgan fingerprint density at radius 2 is 1.86 bits per heavy atom. The third-order valence-electron chi connectivity index (χ3n) is 7.09. The first-order valence-electron chi connectivity index (χ1n) is 12.5. The van der Waals surface area contributed by atoms with Gasteiger partial charge in [0.25, 0.3) is 0 Å². The van der Waals surface area contributed by atoms with Crippen LogP contribution in [0.2, 0.25) is 0 Å². The van der Waals surface area contributed by atoms with Gasteiger partial charge >= 0.3 is 0 Å². The van der Waals surface area contributed by atoms with E-state index in [4.69, 9.17) is 9.47 Å². The minimum atomic E-state index is -3.30. The Morgan fingerprint density at radius 3 is 2.50 bits per heavy atom. The maximum Gasteiger partial charge on any atom is 0.200 e. The van der Waals surface area contributed by atoms with E-state index in [0.717, 1.165) is 37.1 Å². The van der Waals surface area contributed by atoms with Gasteiger partial charge in [0, 0.05) is 25.5 Å². The minimum Gasteiger partial charge on any atom is -0.497 e. The third kappa shape index (κ3) is 6.58. The molecule has 1 heterocycles. The summed E-state index contributed by atoms with van der Waals surface area (Å²) in [6.45, 7) is 3.93. The number of aliphatic hydroxyl groups is 1. The minimum absolute atomic E-state index is 0.161. The van der Waals surface area contributed by atoms with Crippen molar-refractivity contribution in [3.05, 3.63) is 65.5 Å². The van der Waals surface area contributed by atoms with Crippen molar-refractivity contribution in [3.63, 3.8) is 0 Å². The quantitative estimate of drug-likeness (QED) is 0.358. The van der Waals surface area contributed by atoms with Crippen LogP contribution in [0.25, 0.3) is 11.1 Å². The lowest BCUT2D eigenvalue weighted by Gasteiger charge is -2.30. The molecule has 1 saturated carbocycles. The maximum atomic E-state index is 11.7. The summed E-state index contributed by atoms with van der Waals surface area (Å²) in [5, 5.41) is 14.8. The van der Waals surface area contributed by atoms with Gasteiger partial charge < -0.3 is 19.5 Å². The monoisotopic (exact) mass is 512 g/mol. The van der Waals surface area contributed by atoms with Gasteiger partial charge in [0.1, 0.15) is 11.5 Å². The Bertz CT molecular complexity index is 1230. The molecule has 2 aromatic carbocycles. The fraction of sp³-hybridized carbons (Fsp3) is 0.464. The highest BCUT2D eigenvalue weighted by molar-refractivity contribution is 7.57. The fourth-order valence-corrected chi connectivity index (χ4v) is 6.06. The van der Waals surface area contributed by atoms with E-state index in [2.05, 4.69) is 30.4 Å². The van der Waals surface area contributed by atoms with E-state index in [1.165, 1.54) is 23.4 Å². The molecule has 2 atom stereocenters. The normalized spacial score (nSPS) is 20.5. The summed E-state index contributed by atoms with van der Waals surface area (Å²) in [7, 11) is 0.359. The molecule has 194 valence electrons. The Balaban J connectivity index is 1.39. The molecular weight excluding hydrogens is 475 g/mol. The van der Waals surface area contributed by atoms with E-state index in [0.29, 0.717) is 29.8 Å². The summed E-state index contributed by atoms with van der Waals surface area (Å²) >= 11 is 0. The summed E-state index contributed by atoms with van der Waals surface area (Å²) in [5.74, 6) is 2.47. The zero-order valence-corrected chi connectivity index (χ0v) is 22.4. The van der Waals surface area contributed by atoms with Crippen molar-refractivity contribution in [1.82, 2.24) is 9.78 Å². The summed E-state index contributed by atoms with van der Waals surface area (Å²) in [6, 6.07) is 13.6. The molecule has 1 aliphatic carbocycles. The number of benzene rings is 2. The predicted molar refractivity (Wildman–Crippen MR) is 142 cm³/mol. The topological polar surface area (TPSA) is 93.8 Å². The van der Waals surface area contributed by atoms with E-state index < -0.39 is 13.5 Å². The van der Waals surface area contributed by atoms with Crippen molar-refractivity contribution in [2.75, 3.05) is 26.5 Å². The number of hydrogen-bond donors (Lipinski definition) is 2. The first-order valence-corrected chi connectivity index (χ1v) is 14.8. The first-order chi connectivity index (χ1) is 17.1. The Kier molecular flexibility index (Phi) is 8.23. The fourth-order valence-electron chi connectivity index (χ4n) is 5.21. The maximum absolute atomic E-state index is 11.7. The average Bonchev–Trinajstić information content (AvgIpc) is 3.19. The van der Waals surface area contributed by atoms with Crippen molar-refractivity contribution in [2.45, 2.75) is 44.6 Å². The van der Waals surface area contributed by atoms with Crippen LogP contribution < -0.4 is 9.47 Å². The molecule has 1 aromatic heterocycles. The molecule has 8 heteroatoms. The SMILES string of the molecule is COc1ccc(-c2cn(C)nc2C)c(C2CCC(COc3cccc([C@H](O)CP(C)(=O)O)c3)CC2)c1. The second kappa shape index (κ2) is 11.2. The lowest BCUT2D eigenvalue weighted by Crippen LogP contribution is -2.19. The highest BCUT2D eigenvalue weighted by atomic mass is 31.2. The van der Waals surface area contributed by atoms with Gasteiger partial charge in [-0.05, 0) is 85.4 Å². The number of methoxy groups -OCH3 is 1. The van der Waals surface area contributed by atoms with Crippen LogP contribution in [0.3, 0.4) is 0 Å². The molecule has 36 heavy (non-hydrogen) atoms. The predicted octanol–water partition coefficient (Wildman–Crippen LogP) is 5.69. The van der Waals surface area contributed by atoms with Crippen LogP contribution in [-0.4, -0.2) is 46.3 Å². The number of aryl methyl sites for hydroxylation is 2. The van der Waals surface area contributed by atoms with E-state index >= 15 is 0 Å². The largest absolute Gasteiger partial charge is 0.497 e. The van der Waals surface area contributed by atoms with Crippen LogP contribution in [0.1, 0.15) is 54.5 Å². The zero-order chi connectivity index (χ0) is 25.9. The summed E-state index contributed by atoms with van der Waals surface area (Å²) in [4.78, 5) is 9.57. The molecular formula is C28H37N2O5P. The van der Waals surface area contributed by atoms with Crippen LogP contribution in [0.4, 0.5) is 0 Å². The number of hydrogen-bond acceptors (Lipinski definition) is 5. The molecule has 0 aliphatic heterocycles. The van der Waals surface area contributed by atoms with Crippen molar-refractivity contribution in [3.8, 4) is 22.6 Å². The second-order valence-corrected chi connectivity index (χ2v) is 12.6. The van der Waals surface area contributed by atoms with Gasteiger partial charge in [-0.15, -0.1) is 0 Å². The molecule has 1 unspecified atom stereocenters. The van der Waals surface area contributed by atoms with Crippen molar-refractivity contribution >= 4 is 7.37 Å². The van der Waals surface area contributed by atoms with Gasteiger partial charge in [-0.3, -0.25) is 9.25 Å². The molecule has 3 aromatic rings. The average molecular weight is 513 g/mol. The molecule has 0 saturated heterocycles. The third-order valence-corrected chi connectivity index (χ3v) is 8.11. The van der Waals surface area contributed by atoms with E-state index in [9.17, 15) is 14.6 Å². The van der Waals surface area contributed by atoms with Crippen molar-refractivity contribution in [1.29, 1.82) is 0 Å². The summed E-state index contributed by atoms with van der Waals surface area (Å²) in [6.07, 6.45) is 5.24. The molecule has 4 rings (SSSR count). The Labute approximate surface area is 213 Å². The molecule has 0 bridgehead atoms. The lowest BCUT2D eigenvalue weighted by atomic mass is 9.77. The molecule has 0 spiro atoms. The van der Waals surface area contributed by atoms with Gasteiger partial charge in [0.05, 0.1) is 31.7 Å². The number of rotatable bonds is 9. The van der Waals surface area contributed by atoms with Crippen LogP contribution in [0, 0.1) is 12.8 Å². The van der Waals surface area contributed by atoms with Crippen LogP contribution in [-0.2, 0) is 11.6 Å². The van der Waals surface area contributed by atoms with Gasteiger partial charge in [0.2, 0.25) is 7.37 Å². The second-order valence-electron chi connectivity index (χ2n) is 10.1. The highest BCUT2D eigenvalue weighted by Gasteiger charge is 2.26. The molecule has 1 fully saturated rings. The van der Waals surface area contributed by atoms with Crippen molar-refractivity contribution in [2.24, 2.45) is 13.0 Å². The van der Waals surface area contributed by atoms with Gasteiger partial charge in [-0.2, -0.15) is 5.10 Å².